The van der Waals surface area contributed by atoms with Crippen LogP contribution in [-0.4, -0.2) is 26.8 Å². The number of hydrogen-bond donors (Lipinski definition) is 0. The van der Waals surface area contributed by atoms with Crippen molar-refractivity contribution in [2.45, 2.75) is 27.3 Å². The Labute approximate surface area is 138 Å². The first kappa shape index (κ1) is 15.9. The minimum Gasteiger partial charge on any atom is -0.496 e. The summed E-state index contributed by atoms with van der Waals surface area (Å²) in [6.07, 6.45) is 1.49. The SMILES string of the molecule is COc1cc(-c2noc(Cn3cnc(C)c(C)c3=O)n2)ccc1C. The first-order valence-electron chi connectivity index (χ1n) is 7.50. The number of nitrogens with zero attached hydrogens (tertiary/aromatic N) is 4. The monoisotopic (exact) mass is 326 g/mol. The van der Waals surface area contributed by atoms with Gasteiger partial charge in [0.2, 0.25) is 11.7 Å². The molecule has 3 aromatic rings. The predicted molar refractivity (Wildman–Crippen MR) is 88.1 cm³/mol. The van der Waals surface area contributed by atoms with E-state index in [9.17, 15) is 4.79 Å². The Morgan fingerprint density at radius 3 is 2.79 bits per heavy atom. The predicted octanol–water partition coefficient (Wildman–Crippen LogP) is 2.28. The Kier molecular flexibility index (Phi) is 4.16. The summed E-state index contributed by atoms with van der Waals surface area (Å²) in [6, 6.07) is 5.69. The van der Waals surface area contributed by atoms with Crippen molar-refractivity contribution in [3.05, 3.63) is 57.6 Å². The van der Waals surface area contributed by atoms with Crippen molar-refractivity contribution >= 4 is 0 Å². The number of aromatic nitrogens is 4. The van der Waals surface area contributed by atoms with Gasteiger partial charge in [0, 0.05) is 16.8 Å². The highest BCUT2D eigenvalue weighted by Crippen LogP contribution is 2.25. The van der Waals surface area contributed by atoms with Crippen LogP contribution in [-0.2, 0) is 6.54 Å². The molecule has 0 saturated carbocycles. The summed E-state index contributed by atoms with van der Waals surface area (Å²) >= 11 is 0. The normalized spacial score (nSPS) is 10.8. The van der Waals surface area contributed by atoms with Gasteiger partial charge in [-0.3, -0.25) is 9.36 Å². The van der Waals surface area contributed by atoms with Gasteiger partial charge < -0.3 is 9.26 Å². The van der Waals surface area contributed by atoms with Gasteiger partial charge in [0.15, 0.2) is 0 Å². The molecule has 0 unspecified atom stereocenters. The maximum atomic E-state index is 12.2. The lowest BCUT2D eigenvalue weighted by Crippen LogP contribution is -2.24. The van der Waals surface area contributed by atoms with E-state index in [1.807, 2.05) is 25.1 Å². The molecule has 0 aliphatic heterocycles. The Bertz CT molecular complexity index is 943. The van der Waals surface area contributed by atoms with E-state index in [0.717, 1.165) is 16.9 Å². The lowest BCUT2D eigenvalue weighted by molar-refractivity contribution is 0.369. The highest BCUT2D eigenvalue weighted by atomic mass is 16.5. The van der Waals surface area contributed by atoms with E-state index in [1.54, 1.807) is 21.0 Å². The van der Waals surface area contributed by atoms with E-state index in [0.29, 0.717) is 23.0 Å². The van der Waals surface area contributed by atoms with Crippen LogP contribution in [0.25, 0.3) is 11.4 Å². The molecule has 124 valence electrons. The molecule has 7 heteroatoms. The lowest BCUT2D eigenvalue weighted by atomic mass is 10.1. The summed E-state index contributed by atoms with van der Waals surface area (Å²) in [5, 5.41) is 3.98. The zero-order valence-corrected chi connectivity index (χ0v) is 14.0. The van der Waals surface area contributed by atoms with Crippen LogP contribution in [0.15, 0.2) is 33.8 Å². The molecule has 0 N–H and O–H groups in total. The molecule has 0 aliphatic carbocycles. The third kappa shape index (κ3) is 2.92. The zero-order chi connectivity index (χ0) is 17.3. The molecule has 7 nitrogen and oxygen atoms in total. The molecule has 0 aliphatic rings. The third-order valence-electron chi connectivity index (χ3n) is 3.96. The second-order valence-electron chi connectivity index (χ2n) is 5.58. The van der Waals surface area contributed by atoms with E-state index < -0.39 is 0 Å². The first-order chi connectivity index (χ1) is 11.5. The molecule has 0 atom stereocenters. The number of methoxy groups -OCH3 is 1. The molecule has 3 rings (SSSR count). The van der Waals surface area contributed by atoms with Gasteiger partial charge in [-0.1, -0.05) is 17.3 Å². The van der Waals surface area contributed by atoms with Crippen LogP contribution in [0.1, 0.15) is 22.7 Å². The Morgan fingerprint density at radius 2 is 2.04 bits per heavy atom. The molecule has 1 aromatic carbocycles. The van der Waals surface area contributed by atoms with Gasteiger partial charge in [-0.05, 0) is 32.4 Å². The summed E-state index contributed by atoms with van der Waals surface area (Å²) in [4.78, 5) is 20.8. The number of rotatable bonds is 4. The molecule has 2 aromatic heterocycles. The molecule has 0 saturated heterocycles. The van der Waals surface area contributed by atoms with E-state index in [1.165, 1.54) is 10.9 Å². The Hall–Kier alpha value is -2.96. The maximum absolute atomic E-state index is 12.2. The molecule has 0 bridgehead atoms. The van der Waals surface area contributed by atoms with Crippen LogP contribution in [0.4, 0.5) is 0 Å². The zero-order valence-electron chi connectivity index (χ0n) is 14.0. The molecule has 0 fully saturated rings. The van der Waals surface area contributed by atoms with Crippen LogP contribution in [0.3, 0.4) is 0 Å². The third-order valence-corrected chi connectivity index (χ3v) is 3.96. The lowest BCUT2D eigenvalue weighted by Gasteiger charge is -2.05. The van der Waals surface area contributed by atoms with Crippen molar-refractivity contribution in [2.24, 2.45) is 0 Å². The molecule has 0 spiro atoms. The highest BCUT2D eigenvalue weighted by molar-refractivity contribution is 5.58. The van der Waals surface area contributed by atoms with E-state index in [-0.39, 0.29) is 12.1 Å². The van der Waals surface area contributed by atoms with Gasteiger partial charge >= 0.3 is 0 Å². The molecular weight excluding hydrogens is 308 g/mol. The topological polar surface area (TPSA) is 83.0 Å². The van der Waals surface area contributed by atoms with Crippen molar-refractivity contribution in [3.63, 3.8) is 0 Å². The molecular formula is C17H18N4O3. The molecule has 2 heterocycles. The van der Waals surface area contributed by atoms with E-state index in [2.05, 4.69) is 15.1 Å². The van der Waals surface area contributed by atoms with Crippen LogP contribution < -0.4 is 10.3 Å². The highest BCUT2D eigenvalue weighted by Gasteiger charge is 2.12. The largest absolute Gasteiger partial charge is 0.496 e. The fourth-order valence-corrected chi connectivity index (χ4v) is 2.33. The van der Waals surface area contributed by atoms with Crippen molar-refractivity contribution < 1.29 is 9.26 Å². The van der Waals surface area contributed by atoms with Crippen LogP contribution in [0.5, 0.6) is 5.75 Å². The maximum Gasteiger partial charge on any atom is 0.256 e. The summed E-state index contributed by atoms with van der Waals surface area (Å²) in [5.41, 5.74) is 3.03. The standard InChI is InChI=1S/C17H18N4O3/c1-10-5-6-13(7-14(10)23-4)16-19-15(24-20-16)8-21-9-18-12(3)11(2)17(21)22/h5-7,9H,8H2,1-4H3. The second-order valence-corrected chi connectivity index (χ2v) is 5.58. The Balaban J connectivity index is 1.89. The summed E-state index contributed by atoms with van der Waals surface area (Å²) in [5.74, 6) is 1.55. The minimum absolute atomic E-state index is 0.112. The Morgan fingerprint density at radius 1 is 1.25 bits per heavy atom. The summed E-state index contributed by atoms with van der Waals surface area (Å²) < 4.78 is 12.0. The fourth-order valence-electron chi connectivity index (χ4n) is 2.33. The average molecular weight is 326 g/mol. The van der Waals surface area contributed by atoms with Gasteiger partial charge in [0.25, 0.3) is 5.56 Å². The number of benzene rings is 1. The number of ether oxygens (including phenoxy) is 1. The van der Waals surface area contributed by atoms with Gasteiger partial charge in [0.1, 0.15) is 12.3 Å². The average Bonchev–Trinajstić information content (AvgIpc) is 3.04. The molecule has 0 radical (unpaired) electrons. The first-order valence-corrected chi connectivity index (χ1v) is 7.50. The molecule has 24 heavy (non-hydrogen) atoms. The quantitative estimate of drug-likeness (QED) is 0.731. The van der Waals surface area contributed by atoms with E-state index >= 15 is 0 Å². The smallest absolute Gasteiger partial charge is 0.256 e. The van der Waals surface area contributed by atoms with Crippen LogP contribution in [0.2, 0.25) is 0 Å². The van der Waals surface area contributed by atoms with Crippen LogP contribution >= 0.6 is 0 Å². The molecule has 0 amide bonds. The van der Waals surface area contributed by atoms with Crippen molar-refractivity contribution in [2.75, 3.05) is 7.11 Å². The van der Waals surface area contributed by atoms with Crippen molar-refractivity contribution in [1.29, 1.82) is 0 Å². The van der Waals surface area contributed by atoms with Gasteiger partial charge in [-0.2, -0.15) is 4.98 Å². The van der Waals surface area contributed by atoms with Crippen LogP contribution in [0, 0.1) is 20.8 Å². The van der Waals surface area contributed by atoms with Crippen molar-refractivity contribution in [3.8, 4) is 17.1 Å². The number of aryl methyl sites for hydroxylation is 2. The summed E-state index contributed by atoms with van der Waals surface area (Å²) in [6.45, 7) is 5.70. The van der Waals surface area contributed by atoms with E-state index in [4.69, 9.17) is 9.26 Å². The minimum atomic E-state index is -0.112. The second kappa shape index (κ2) is 6.27. The van der Waals surface area contributed by atoms with Gasteiger partial charge in [0.05, 0.1) is 13.4 Å². The van der Waals surface area contributed by atoms with Crippen molar-refractivity contribution in [1.82, 2.24) is 19.7 Å². The fraction of sp³-hybridized carbons (Fsp3) is 0.294. The number of hydrogen-bond acceptors (Lipinski definition) is 6. The van der Waals surface area contributed by atoms with Gasteiger partial charge in [-0.25, -0.2) is 4.98 Å². The summed E-state index contributed by atoms with van der Waals surface area (Å²) in [7, 11) is 1.62. The van der Waals surface area contributed by atoms with Gasteiger partial charge in [-0.15, -0.1) is 0 Å².